The molecule has 1 aromatic carbocycles. The number of carboxylic acids is 1. The minimum absolute atomic E-state index is 0.185. The van der Waals surface area contributed by atoms with Crippen LogP contribution >= 0.6 is 0 Å². The predicted octanol–water partition coefficient (Wildman–Crippen LogP) is 3.15. The van der Waals surface area contributed by atoms with E-state index in [2.05, 4.69) is 5.32 Å². The van der Waals surface area contributed by atoms with Gasteiger partial charge in [-0.15, -0.1) is 0 Å². The van der Waals surface area contributed by atoms with E-state index < -0.39 is 17.9 Å². The van der Waals surface area contributed by atoms with Crippen LogP contribution < -0.4 is 5.32 Å². The maximum Gasteiger partial charge on any atom is 0.305 e. The maximum atomic E-state index is 12.4. The van der Waals surface area contributed by atoms with Gasteiger partial charge in [0.1, 0.15) is 5.76 Å². The summed E-state index contributed by atoms with van der Waals surface area (Å²) in [6.07, 6.45) is -0.185. The Hall–Kier alpha value is -2.56. The van der Waals surface area contributed by atoms with Crippen LogP contribution in [0, 0.1) is 20.8 Å². The molecule has 0 saturated carbocycles. The molecule has 0 fully saturated rings. The summed E-state index contributed by atoms with van der Waals surface area (Å²) in [5.41, 5.74) is 2.45. The summed E-state index contributed by atoms with van der Waals surface area (Å²) < 4.78 is 5.39. The number of benzene rings is 1. The summed E-state index contributed by atoms with van der Waals surface area (Å²) in [4.78, 5) is 23.5. The van der Waals surface area contributed by atoms with Crippen LogP contribution in [0.1, 0.15) is 45.5 Å². The molecule has 0 saturated heterocycles. The zero-order chi connectivity index (χ0) is 16.3. The van der Waals surface area contributed by atoms with Crippen LogP contribution in [-0.2, 0) is 4.79 Å². The predicted molar refractivity (Wildman–Crippen MR) is 81.8 cm³/mol. The third-order valence-corrected chi connectivity index (χ3v) is 3.50. The second kappa shape index (κ2) is 6.47. The second-order valence-electron chi connectivity index (χ2n) is 5.35. The molecule has 5 heteroatoms. The van der Waals surface area contributed by atoms with E-state index in [9.17, 15) is 9.59 Å². The van der Waals surface area contributed by atoms with Crippen LogP contribution in [0.15, 0.2) is 34.7 Å². The van der Waals surface area contributed by atoms with Crippen molar-refractivity contribution < 1.29 is 19.1 Å². The molecule has 1 amide bonds. The quantitative estimate of drug-likeness (QED) is 0.889. The maximum absolute atomic E-state index is 12.4. The third kappa shape index (κ3) is 3.55. The van der Waals surface area contributed by atoms with Gasteiger partial charge in [-0.25, -0.2) is 0 Å². The first-order chi connectivity index (χ1) is 10.4. The SMILES string of the molecule is Cc1cc(C)c(C(=O)NC(CC(=O)O)c2ccccc2C)o1. The Balaban J connectivity index is 2.27. The first kappa shape index (κ1) is 15.8. The van der Waals surface area contributed by atoms with E-state index >= 15 is 0 Å². The summed E-state index contributed by atoms with van der Waals surface area (Å²) in [5.74, 6) is -0.504. The minimum Gasteiger partial charge on any atom is -0.481 e. The van der Waals surface area contributed by atoms with E-state index in [4.69, 9.17) is 9.52 Å². The highest BCUT2D eigenvalue weighted by molar-refractivity contribution is 5.93. The van der Waals surface area contributed by atoms with E-state index in [0.29, 0.717) is 5.76 Å². The molecule has 1 aromatic heterocycles. The molecule has 2 aromatic rings. The van der Waals surface area contributed by atoms with Gasteiger partial charge in [0.25, 0.3) is 5.91 Å². The number of rotatable bonds is 5. The number of carbonyl (C=O) groups excluding carboxylic acids is 1. The monoisotopic (exact) mass is 301 g/mol. The first-order valence-electron chi connectivity index (χ1n) is 7.03. The van der Waals surface area contributed by atoms with Crippen molar-refractivity contribution in [2.75, 3.05) is 0 Å². The van der Waals surface area contributed by atoms with E-state index in [1.54, 1.807) is 19.9 Å². The number of carboxylic acid groups (broad SMARTS) is 1. The molecule has 1 atom stereocenters. The molecular weight excluding hydrogens is 282 g/mol. The molecule has 2 rings (SSSR count). The molecule has 1 heterocycles. The van der Waals surface area contributed by atoms with Gasteiger partial charge in [0.2, 0.25) is 0 Å². The Morgan fingerprint density at radius 3 is 2.41 bits per heavy atom. The van der Waals surface area contributed by atoms with Gasteiger partial charge in [-0.3, -0.25) is 9.59 Å². The number of aryl methyl sites for hydroxylation is 3. The standard InChI is InChI=1S/C17H19NO4/c1-10-6-4-5-7-13(10)14(9-15(19)20)18-17(21)16-11(2)8-12(3)22-16/h4-8,14H,9H2,1-3H3,(H,18,21)(H,19,20). The van der Waals surface area contributed by atoms with E-state index in [1.165, 1.54) is 0 Å². The molecule has 116 valence electrons. The number of hydrogen-bond donors (Lipinski definition) is 2. The van der Waals surface area contributed by atoms with E-state index in [0.717, 1.165) is 16.7 Å². The van der Waals surface area contributed by atoms with Crippen molar-refractivity contribution >= 4 is 11.9 Å². The molecule has 0 spiro atoms. The molecule has 1 unspecified atom stereocenters. The van der Waals surface area contributed by atoms with Gasteiger partial charge >= 0.3 is 5.97 Å². The molecule has 0 radical (unpaired) electrons. The molecule has 2 N–H and O–H groups in total. The Morgan fingerprint density at radius 2 is 1.86 bits per heavy atom. The lowest BCUT2D eigenvalue weighted by Crippen LogP contribution is -2.30. The summed E-state index contributed by atoms with van der Waals surface area (Å²) in [6.45, 7) is 5.43. The number of aliphatic carboxylic acids is 1. The number of carbonyl (C=O) groups is 2. The summed E-state index contributed by atoms with van der Waals surface area (Å²) >= 11 is 0. The second-order valence-corrected chi connectivity index (χ2v) is 5.35. The van der Waals surface area contributed by atoms with Gasteiger partial charge in [0.15, 0.2) is 5.76 Å². The van der Waals surface area contributed by atoms with Crippen molar-refractivity contribution in [3.8, 4) is 0 Å². The molecule has 0 aliphatic carbocycles. The van der Waals surface area contributed by atoms with Crippen molar-refractivity contribution in [1.82, 2.24) is 5.32 Å². The van der Waals surface area contributed by atoms with Crippen molar-refractivity contribution in [3.63, 3.8) is 0 Å². The largest absolute Gasteiger partial charge is 0.481 e. The molecule has 0 bridgehead atoms. The zero-order valence-corrected chi connectivity index (χ0v) is 12.8. The van der Waals surface area contributed by atoms with Crippen LogP contribution in [0.4, 0.5) is 0 Å². The van der Waals surface area contributed by atoms with Crippen LogP contribution in [0.25, 0.3) is 0 Å². The van der Waals surface area contributed by atoms with Crippen LogP contribution in [0.2, 0.25) is 0 Å². The summed E-state index contributed by atoms with van der Waals surface area (Å²) in [6, 6.07) is 8.58. The molecule has 0 aliphatic rings. The zero-order valence-electron chi connectivity index (χ0n) is 12.8. The summed E-state index contributed by atoms with van der Waals surface area (Å²) in [5, 5.41) is 11.9. The average molecular weight is 301 g/mol. The topological polar surface area (TPSA) is 79.5 Å². The van der Waals surface area contributed by atoms with Crippen LogP contribution in [0.3, 0.4) is 0 Å². The fourth-order valence-corrected chi connectivity index (χ4v) is 2.48. The van der Waals surface area contributed by atoms with Crippen LogP contribution in [-0.4, -0.2) is 17.0 Å². The summed E-state index contributed by atoms with van der Waals surface area (Å²) in [7, 11) is 0. The van der Waals surface area contributed by atoms with Crippen molar-refractivity contribution in [1.29, 1.82) is 0 Å². The normalized spacial score (nSPS) is 12.0. The number of nitrogens with one attached hydrogen (secondary N) is 1. The lowest BCUT2D eigenvalue weighted by atomic mass is 9.98. The Bertz CT molecular complexity index is 702. The highest BCUT2D eigenvalue weighted by atomic mass is 16.4. The van der Waals surface area contributed by atoms with E-state index in [-0.39, 0.29) is 12.2 Å². The van der Waals surface area contributed by atoms with Crippen LogP contribution in [0.5, 0.6) is 0 Å². The number of furan rings is 1. The van der Waals surface area contributed by atoms with Gasteiger partial charge < -0.3 is 14.8 Å². The highest BCUT2D eigenvalue weighted by Gasteiger charge is 2.23. The Labute approximate surface area is 129 Å². The van der Waals surface area contributed by atoms with Gasteiger partial charge in [0, 0.05) is 5.56 Å². The molecule has 5 nitrogen and oxygen atoms in total. The fraction of sp³-hybridized carbons (Fsp3) is 0.294. The minimum atomic E-state index is -0.971. The van der Waals surface area contributed by atoms with Gasteiger partial charge in [-0.2, -0.15) is 0 Å². The Morgan fingerprint density at radius 1 is 1.18 bits per heavy atom. The number of amides is 1. The van der Waals surface area contributed by atoms with Gasteiger partial charge in [-0.05, 0) is 38.0 Å². The number of hydrogen-bond acceptors (Lipinski definition) is 3. The lowest BCUT2D eigenvalue weighted by Gasteiger charge is -2.19. The van der Waals surface area contributed by atoms with Crippen molar-refractivity contribution in [2.45, 2.75) is 33.2 Å². The average Bonchev–Trinajstić information content (AvgIpc) is 2.77. The third-order valence-electron chi connectivity index (χ3n) is 3.50. The molecular formula is C17H19NO4. The Kier molecular flexibility index (Phi) is 4.65. The molecule has 22 heavy (non-hydrogen) atoms. The van der Waals surface area contributed by atoms with Crippen molar-refractivity contribution in [2.24, 2.45) is 0 Å². The fourth-order valence-electron chi connectivity index (χ4n) is 2.48. The smallest absolute Gasteiger partial charge is 0.305 e. The first-order valence-corrected chi connectivity index (χ1v) is 7.03. The van der Waals surface area contributed by atoms with Crippen molar-refractivity contribution in [3.05, 3.63) is 58.5 Å². The highest BCUT2D eigenvalue weighted by Crippen LogP contribution is 2.22. The van der Waals surface area contributed by atoms with E-state index in [1.807, 2.05) is 31.2 Å². The van der Waals surface area contributed by atoms with Gasteiger partial charge in [-0.1, -0.05) is 24.3 Å². The molecule has 0 aliphatic heterocycles. The van der Waals surface area contributed by atoms with Gasteiger partial charge in [0.05, 0.1) is 12.5 Å². The lowest BCUT2D eigenvalue weighted by molar-refractivity contribution is -0.137.